The number of amides is 2. The predicted octanol–water partition coefficient (Wildman–Crippen LogP) is -0.0865. The van der Waals surface area contributed by atoms with Crippen molar-refractivity contribution in [1.82, 2.24) is 10.6 Å². The Kier molecular flexibility index (Phi) is 6.14. The van der Waals surface area contributed by atoms with Crippen LogP contribution in [0.1, 0.15) is 12.5 Å². The molecule has 2 unspecified atom stereocenters. The molecular formula is C14H20ClN3O3. The highest BCUT2D eigenvalue weighted by Crippen LogP contribution is 2.20. The van der Waals surface area contributed by atoms with Gasteiger partial charge in [-0.25, -0.2) is 0 Å². The van der Waals surface area contributed by atoms with Crippen LogP contribution >= 0.6 is 12.4 Å². The highest BCUT2D eigenvalue weighted by molar-refractivity contribution is 5.92. The second-order valence-electron chi connectivity index (χ2n) is 4.91. The molecule has 116 valence electrons. The zero-order chi connectivity index (χ0) is 14.6. The number of nitrogens with one attached hydrogen (secondary N) is 2. The van der Waals surface area contributed by atoms with Crippen LogP contribution in [0.3, 0.4) is 0 Å². The minimum atomic E-state index is -1.25. The summed E-state index contributed by atoms with van der Waals surface area (Å²) in [5.41, 5.74) is 4.86. The summed E-state index contributed by atoms with van der Waals surface area (Å²) in [6.45, 7) is 3.21. The molecule has 21 heavy (non-hydrogen) atoms. The van der Waals surface area contributed by atoms with E-state index in [0.29, 0.717) is 18.7 Å². The number of carbonyl (C=O) groups excluding carboxylic acids is 2. The first-order valence-electron chi connectivity index (χ1n) is 6.54. The number of ether oxygens (including phenoxy) is 1. The van der Waals surface area contributed by atoms with Gasteiger partial charge in [-0.1, -0.05) is 30.3 Å². The lowest BCUT2D eigenvalue weighted by atomic mass is 9.91. The molecule has 0 spiro atoms. The van der Waals surface area contributed by atoms with E-state index in [4.69, 9.17) is 10.5 Å². The van der Waals surface area contributed by atoms with E-state index >= 15 is 0 Å². The average molecular weight is 314 g/mol. The van der Waals surface area contributed by atoms with Crippen molar-refractivity contribution in [2.24, 2.45) is 5.73 Å². The monoisotopic (exact) mass is 313 g/mol. The second-order valence-corrected chi connectivity index (χ2v) is 4.91. The Morgan fingerprint density at radius 1 is 1.38 bits per heavy atom. The van der Waals surface area contributed by atoms with Gasteiger partial charge in [0, 0.05) is 13.1 Å². The lowest BCUT2D eigenvalue weighted by molar-refractivity contribution is -0.140. The van der Waals surface area contributed by atoms with Crippen LogP contribution in [-0.2, 0) is 19.9 Å². The van der Waals surface area contributed by atoms with E-state index < -0.39 is 17.6 Å². The molecule has 1 fully saturated rings. The first-order valence-corrected chi connectivity index (χ1v) is 6.54. The van der Waals surface area contributed by atoms with Crippen molar-refractivity contribution >= 4 is 24.2 Å². The van der Waals surface area contributed by atoms with Gasteiger partial charge in [0.05, 0.1) is 6.61 Å². The van der Waals surface area contributed by atoms with Crippen molar-refractivity contribution < 1.29 is 14.3 Å². The highest BCUT2D eigenvalue weighted by atomic mass is 35.5. The topological polar surface area (TPSA) is 93.4 Å². The van der Waals surface area contributed by atoms with Gasteiger partial charge in [-0.05, 0) is 12.5 Å². The van der Waals surface area contributed by atoms with E-state index in [1.165, 1.54) is 0 Å². The van der Waals surface area contributed by atoms with Crippen molar-refractivity contribution in [2.75, 3.05) is 19.7 Å². The van der Waals surface area contributed by atoms with Gasteiger partial charge in [0.1, 0.15) is 11.6 Å². The third-order valence-electron chi connectivity index (χ3n) is 3.44. The normalized spacial score (nSPS) is 20.7. The van der Waals surface area contributed by atoms with Crippen LogP contribution in [0, 0.1) is 0 Å². The quantitative estimate of drug-likeness (QED) is 0.724. The van der Waals surface area contributed by atoms with E-state index in [-0.39, 0.29) is 18.3 Å². The molecule has 2 rings (SSSR count). The Labute approximate surface area is 129 Å². The Morgan fingerprint density at radius 3 is 2.57 bits per heavy atom. The van der Waals surface area contributed by atoms with Crippen LogP contribution < -0.4 is 16.4 Å². The number of nitrogens with two attached hydrogens (primary N) is 1. The van der Waals surface area contributed by atoms with Crippen LogP contribution in [0.4, 0.5) is 0 Å². The molecule has 7 heteroatoms. The minimum absolute atomic E-state index is 0. The van der Waals surface area contributed by atoms with Crippen molar-refractivity contribution in [3.8, 4) is 0 Å². The number of rotatable bonds is 4. The summed E-state index contributed by atoms with van der Waals surface area (Å²) in [6, 6.07) is 8.93. The van der Waals surface area contributed by atoms with Gasteiger partial charge in [0.25, 0.3) is 5.91 Å². The lowest BCUT2D eigenvalue weighted by Crippen LogP contribution is -2.57. The van der Waals surface area contributed by atoms with E-state index in [0.717, 1.165) is 6.54 Å². The third kappa shape index (κ3) is 3.93. The van der Waals surface area contributed by atoms with Gasteiger partial charge < -0.3 is 21.1 Å². The molecule has 1 aromatic carbocycles. The predicted molar refractivity (Wildman–Crippen MR) is 81.0 cm³/mol. The molecule has 1 aliphatic rings. The summed E-state index contributed by atoms with van der Waals surface area (Å²) >= 11 is 0. The molecule has 4 N–H and O–H groups in total. The fraction of sp³-hybridized carbons (Fsp3) is 0.429. The summed E-state index contributed by atoms with van der Waals surface area (Å²) in [5, 5.41) is 5.77. The number of carbonyl (C=O) groups is 2. The SMILES string of the molecule is CC(NC(=O)C1CNCCO1)(C(N)=O)c1ccccc1.Cl. The molecule has 2 atom stereocenters. The van der Waals surface area contributed by atoms with Gasteiger partial charge in [0.15, 0.2) is 0 Å². The molecule has 0 bridgehead atoms. The van der Waals surface area contributed by atoms with Crippen LogP contribution in [0.25, 0.3) is 0 Å². The van der Waals surface area contributed by atoms with Gasteiger partial charge in [0.2, 0.25) is 5.91 Å². The average Bonchev–Trinajstić information content (AvgIpc) is 2.48. The molecule has 0 aromatic heterocycles. The molecule has 2 amide bonds. The van der Waals surface area contributed by atoms with Gasteiger partial charge >= 0.3 is 0 Å². The van der Waals surface area contributed by atoms with E-state index in [2.05, 4.69) is 10.6 Å². The summed E-state index contributed by atoms with van der Waals surface area (Å²) in [5.74, 6) is -0.955. The van der Waals surface area contributed by atoms with Crippen LogP contribution in [0.5, 0.6) is 0 Å². The minimum Gasteiger partial charge on any atom is -0.367 e. The van der Waals surface area contributed by atoms with E-state index in [1.807, 2.05) is 6.07 Å². The number of halogens is 1. The number of hydrogen-bond donors (Lipinski definition) is 3. The Hall–Kier alpha value is -1.63. The van der Waals surface area contributed by atoms with Crippen molar-refractivity contribution in [3.63, 3.8) is 0 Å². The molecule has 1 aliphatic heterocycles. The van der Waals surface area contributed by atoms with Crippen LogP contribution in [-0.4, -0.2) is 37.6 Å². The number of benzene rings is 1. The van der Waals surface area contributed by atoms with Crippen molar-refractivity contribution in [3.05, 3.63) is 35.9 Å². The maximum Gasteiger partial charge on any atom is 0.251 e. The Morgan fingerprint density at radius 2 is 2.05 bits per heavy atom. The van der Waals surface area contributed by atoms with Crippen molar-refractivity contribution in [1.29, 1.82) is 0 Å². The smallest absolute Gasteiger partial charge is 0.251 e. The fourth-order valence-electron chi connectivity index (χ4n) is 2.11. The molecule has 0 radical (unpaired) electrons. The summed E-state index contributed by atoms with van der Waals surface area (Å²) < 4.78 is 5.37. The molecule has 0 aliphatic carbocycles. The number of morpholine rings is 1. The maximum atomic E-state index is 12.2. The zero-order valence-electron chi connectivity index (χ0n) is 11.8. The summed E-state index contributed by atoms with van der Waals surface area (Å²) in [6.07, 6.45) is -0.605. The Bertz CT molecular complexity index is 491. The molecule has 0 saturated carbocycles. The summed E-state index contributed by atoms with van der Waals surface area (Å²) in [7, 11) is 0. The molecule has 1 heterocycles. The van der Waals surface area contributed by atoms with Gasteiger partial charge in [-0.3, -0.25) is 9.59 Å². The van der Waals surface area contributed by atoms with Gasteiger partial charge in [-0.2, -0.15) is 0 Å². The number of hydrogen-bond acceptors (Lipinski definition) is 4. The van der Waals surface area contributed by atoms with Crippen LogP contribution in [0.15, 0.2) is 30.3 Å². The summed E-state index contributed by atoms with van der Waals surface area (Å²) in [4.78, 5) is 24.0. The maximum absolute atomic E-state index is 12.2. The number of primary amides is 1. The van der Waals surface area contributed by atoms with E-state index in [9.17, 15) is 9.59 Å². The van der Waals surface area contributed by atoms with Crippen LogP contribution in [0.2, 0.25) is 0 Å². The van der Waals surface area contributed by atoms with Crippen molar-refractivity contribution in [2.45, 2.75) is 18.6 Å². The lowest BCUT2D eigenvalue weighted by Gasteiger charge is -2.31. The fourth-order valence-corrected chi connectivity index (χ4v) is 2.11. The molecule has 1 saturated heterocycles. The van der Waals surface area contributed by atoms with E-state index in [1.54, 1.807) is 31.2 Å². The second kappa shape index (κ2) is 7.40. The van der Waals surface area contributed by atoms with Gasteiger partial charge in [-0.15, -0.1) is 12.4 Å². The zero-order valence-corrected chi connectivity index (χ0v) is 12.6. The third-order valence-corrected chi connectivity index (χ3v) is 3.44. The first kappa shape index (κ1) is 17.4. The highest BCUT2D eigenvalue weighted by Gasteiger charge is 2.37. The molecule has 6 nitrogen and oxygen atoms in total. The first-order chi connectivity index (χ1) is 9.54. The largest absolute Gasteiger partial charge is 0.367 e. The standard InChI is InChI=1S/C14H19N3O3.ClH/c1-14(13(15)19,10-5-3-2-4-6-10)17-12(18)11-9-16-7-8-20-11;/h2-6,11,16H,7-9H2,1H3,(H2,15,19)(H,17,18);1H. The molecule has 1 aromatic rings. The Balaban J connectivity index is 0.00000220. The molecular weight excluding hydrogens is 294 g/mol.